The predicted molar refractivity (Wildman–Crippen MR) is 327 cm³/mol. The quantitative estimate of drug-likeness (QED) is 0.0490. The second-order valence-electron chi connectivity index (χ2n) is 20.6. The van der Waals surface area contributed by atoms with Gasteiger partial charge in [0.15, 0.2) is 25.2 Å². The van der Waals surface area contributed by atoms with Gasteiger partial charge in [-0.3, -0.25) is 0 Å². The summed E-state index contributed by atoms with van der Waals surface area (Å²) in [5.74, 6) is 23.9. The lowest BCUT2D eigenvalue weighted by Gasteiger charge is -2.39. The lowest BCUT2D eigenvalue weighted by Crippen LogP contribution is -2.59. The Bertz CT molecular complexity index is 3150. The van der Waals surface area contributed by atoms with Crippen LogP contribution in [0.15, 0.2) is 60.7 Å². The molecule has 16 N–H and O–H groups in total. The molecule has 30 heteroatoms. The third kappa shape index (κ3) is 15.5. The van der Waals surface area contributed by atoms with Gasteiger partial charge in [0, 0.05) is 40.4 Å². The highest BCUT2D eigenvalue weighted by atomic mass is 32.1. The Balaban J connectivity index is 0.946. The zero-order valence-electron chi connectivity index (χ0n) is 46.8. The Morgan fingerprint density at radius 3 is 0.800 bits per heavy atom. The van der Waals surface area contributed by atoms with Gasteiger partial charge < -0.3 is 120 Å². The topological polar surface area (TPSA) is 398 Å². The second-order valence-corrected chi connectivity index (χ2v) is 27.0. The van der Waals surface area contributed by atoms with Crippen molar-refractivity contribution in [3.8, 4) is 97.5 Å². The smallest absolute Gasteiger partial charge is 0.187 e. The molecule has 6 aromatic heterocycles. The van der Waals surface area contributed by atoms with Crippen LogP contribution in [0.3, 0.4) is 0 Å². The van der Waals surface area contributed by atoms with E-state index in [9.17, 15) is 81.7 Å². The summed E-state index contributed by atoms with van der Waals surface area (Å²) < 4.78 is 44.2. The van der Waals surface area contributed by atoms with Crippen molar-refractivity contribution in [3.05, 3.63) is 80.2 Å². The molecule has 90 heavy (non-hydrogen) atoms. The first-order valence-corrected chi connectivity index (χ1v) is 32.6. The first kappa shape index (κ1) is 68.3. The molecule has 10 rings (SSSR count). The molecule has 482 valence electrons. The van der Waals surface area contributed by atoms with E-state index in [1.54, 1.807) is 0 Å². The van der Waals surface area contributed by atoms with E-state index in [4.69, 9.17) is 37.9 Å². The van der Waals surface area contributed by atoms with Gasteiger partial charge >= 0.3 is 0 Å². The second kappa shape index (κ2) is 31.1. The fourth-order valence-corrected chi connectivity index (χ4v) is 16.1. The van der Waals surface area contributed by atoms with Crippen LogP contribution in [0.5, 0.6) is 0 Å². The maximum atomic E-state index is 10.5. The largest absolute Gasteiger partial charge is 0.394 e. The van der Waals surface area contributed by atoms with Crippen molar-refractivity contribution in [2.75, 3.05) is 52.9 Å². The molecular formula is C60H62O24S6. The van der Waals surface area contributed by atoms with Crippen LogP contribution in [0.2, 0.25) is 0 Å². The number of aliphatic hydroxyl groups is 16. The zero-order chi connectivity index (χ0) is 63.9. The number of thiophene rings is 6. The van der Waals surface area contributed by atoms with Crippen molar-refractivity contribution in [2.45, 2.75) is 123 Å². The highest BCUT2D eigenvalue weighted by Gasteiger charge is 2.47. The standard InChI is InChI=1S/C60H62O24S6/c61-23-33-43(65)47(69)51(73)57(81-33)77-17-1-5-27-9-13-37(85-27)31-21-41(89-55(31)39-15-11-29(87-39)7-3-19-79-59-53(75)49(71)45(67)35(25-63)83-59)42-22-32(38-14-10-28(86-38)6-2-18-78-58-52(74)48(70)44(66)34(24-62)82-58)56(90-42)40-16-12-30(88-40)8-4-20-80-60-54(76)50(72)46(68)36(26-64)84-60/h9-16,21-22,33-36,43-54,57-76H,17-20,23-26H2/t33-,34-,35-,36-,43+,44+,45+,46+,47+,48+,49+,50+,51-,52-,53-,54-,57-,58-,59-,60-/m1/s1. The molecule has 0 spiro atoms. The lowest BCUT2D eigenvalue weighted by atomic mass is 9.99. The number of hydrogen-bond acceptors (Lipinski definition) is 30. The van der Waals surface area contributed by atoms with Gasteiger partial charge in [-0.15, -0.1) is 68.0 Å². The fraction of sp³-hybridized carbons (Fsp3) is 0.467. The molecule has 0 unspecified atom stereocenters. The van der Waals surface area contributed by atoms with Gasteiger partial charge in [0.2, 0.25) is 0 Å². The Hall–Kier alpha value is -4.52. The predicted octanol–water partition coefficient (Wildman–Crippen LogP) is -0.937. The zero-order valence-corrected chi connectivity index (χ0v) is 51.7. The molecule has 4 aliphatic heterocycles. The molecule has 6 aromatic rings. The van der Waals surface area contributed by atoms with Crippen LogP contribution in [-0.4, -0.2) is 257 Å². The van der Waals surface area contributed by atoms with Crippen LogP contribution < -0.4 is 0 Å². The first-order chi connectivity index (χ1) is 43.4. The molecule has 20 atom stereocenters. The summed E-state index contributed by atoms with van der Waals surface area (Å²) in [6.45, 7) is -3.37. The number of rotatable bonds is 17. The van der Waals surface area contributed by atoms with Crippen molar-refractivity contribution in [1.82, 2.24) is 0 Å². The summed E-state index contributed by atoms with van der Waals surface area (Å²) in [6, 6.07) is 19.3. The molecule has 4 saturated heterocycles. The SMILES string of the molecule is OC[C@H]1O[C@@H](OCC#Cc2ccc(-c3cc(-c4cc(-c5ccc(C#CCO[C@@H]6O[C@H](CO)[C@H](O)[C@H](O)[C@H]6O)s5)c(-c5ccc(C#CCO[C@@H]6O[C@H](CO)[C@H](O)[C@H](O)[C@H]6O)s5)s4)sc3-c3ccc(C#CCO[C@@H]4O[C@H](CO)[C@H](O)[C@H](O)[C@H]4O)s3)s2)[C@H](O)[C@@H](O)[C@H]1O. The molecule has 4 fully saturated rings. The molecule has 4 aliphatic rings. The highest BCUT2D eigenvalue weighted by Crippen LogP contribution is 2.52. The molecule has 0 radical (unpaired) electrons. The Morgan fingerprint density at radius 2 is 0.544 bits per heavy atom. The highest BCUT2D eigenvalue weighted by molar-refractivity contribution is 7.30. The van der Waals surface area contributed by atoms with Gasteiger partial charge in [-0.2, -0.15) is 0 Å². The molecular weight excluding hydrogens is 1300 g/mol. The van der Waals surface area contributed by atoms with E-state index >= 15 is 0 Å². The summed E-state index contributed by atoms with van der Waals surface area (Å²) in [5.41, 5.74) is 1.74. The Morgan fingerprint density at radius 1 is 0.300 bits per heavy atom. The van der Waals surface area contributed by atoms with Gasteiger partial charge in [0.25, 0.3) is 0 Å². The molecule has 10 heterocycles. The van der Waals surface area contributed by atoms with E-state index in [2.05, 4.69) is 59.5 Å². The van der Waals surface area contributed by atoms with E-state index < -0.39 is 149 Å². The van der Waals surface area contributed by atoms with Crippen LogP contribution in [0, 0.1) is 47.4 Å². The van der Waals surface area contributed by atoms with Crippen LogP contribution in [-0.2, 0) is 37.9 Å². The summed E-state index contributed by atoms with van der Waals surface area (Å²) in [5, 5.41) is 162. The molecule has 0 aliphatic carbocycles. The van der Waals surface area contributed by atoms with E-state index in [0.29, 0.717) is 19.5 Å². The summed E-state index contributed by atoms with van der Waals surface area (Å²) >= 11 is 8.71. The molecule has 0 aromatic carbocycles. The number of hydrogen-bond donors (Lipinski definition) is 16. The minimum absolute atomic E-state index is 0.226. The third-order valence-electron chi connectivity index (χ3n) is 14.6. The Labute approximate surface area is 537 Å². The Kier molecular flexibility index (Phi) is 23.7. The third-order valence-corrected chi connectivity index (χ3v) is 21.5. The van der Waals surface area contributed by atoms with Gasteiger partial charge in [-0.05, 0) is 60.7 Å². The van der Waals surface area contributed by atoms with Crippen molar-refractivity contribution in [3.63, 3.8) is 0 Å². The monoisotopic (exact) mass is 1360 g/mol. The average Bonchev–Trinajstić information content (AvgIpc) is 1.61. The van der Waals surface area contributed by atoms with Crippen molar-refractivity contribution in [1.29, 1.82) is 0 Å². The minimum Gasteiger partial charge on any atom is -0.394 e. The summed E-state index contributed by atoms with van der Waals surface area (Å²) in [7, 11) is 0. The van der Waals surface area contributed by atoms with Crippen molar-refractivity contribution >= 4 is 68.0 Å². The summed E-state index contributed by atoms with van der Waals surface area (Å²) in [6.07, 6.45) is -29.1. The van der Waals surface area contributed by atoms with Gasteiger partial charge in [0.1, 0.15) is 124 Å². The lowest BCUT2D eigenvalue weighted by molar-refractivity contribution is -0.298. The van der Waals surface area contributed by atoms with E-state index in [0.717, 1.165) is 50.1 Å². The summed E-state index contributed by atoms with van der Waals surface area (Å²) in [4.78, 5) is 9.64. The van der Waals surface area contributed by atoms with E-state index in [-0.39, 0.29) is 26.4 Å². The van der Waals surface area contributed by atoms with E-state index in [1.165, 1.54) is 68.0 Å². The minimum atomic E-state index is -1.62. The van der Waals surface area contributed by atoms with Crippen LogP contribution >= 0.6 is 68.0 Å². The maximum Gasteiger partial charge on any atom is 0.187 e. The maximum absolute atomic E-state index is 10.5. The van der Waals surface area contributed by atoms with Gasteiger partial charge in [-0.1, -0.05) is 47.4 Å². The molecule has 0 saturated carbocycles. The van der Waals surface area contributed by atoms with E-state index in [1.807, 2.05) is 48.5 Å². The van der Waals surface area contributed by atoms with Crippen molar-refractivity contribution in [2.24, 2.45) is 0 Å². The molecule has 0 amide bonds. The van der Waals surface area contributed by atoms with Crippen LogP contribution in [0.25, 0.3) is 50.1 Å². The average molecular weight is 1360 g/mol. The normalized spacial score (nSPS) is 31.8. The fourth-order valence-electron chi connectivity index (χ4n) is 9.72. The number of ether oxygens (including phenoxy) is 8. The van der Waals surface area contributed by atoms with Crippen LogP contribution in [0.4, 0.5) is 0 Å². The van der Waals surface area contributed by atoms with Crippen LogP contribution in [0.1, 0.15) is 19.5 Å². The molecule has 24 nitrogen and oxygen atoms in total. The van der Waals surface area contributed by atoms with Gasteiger partial charge in [0.05, 0.1) is 55.7 Å². The first-order valence-electron chi connectivity index (χ1n) is 27.7. The number of aliphatic hydroxyl groups excluding tert-OH is 16. The van der Waals surface area contributed by atoms with Crippen molar-refractivity contribution < 1.29 is 120 Å². The molecule has 0 bridgehead atoms. The van der Waals surface area contributed by atoms with Gasteiger partial charge in [-0.25, -0.2) is 0 Å².